The van der Waals surface area contributed by atoms with Crippen molar-refractivity contribution in [1.82, 2.24) is 0 Å². The van der Waals surface area contributed by atoms with Crippen LogP contribution in [0.5, 0.6) is 0 Å². The number of quaternary nitrogens is 1. The Morgan fingerprint density at radius 3 is 2.38 bits per heavy atom. The Hall–Kier alpha value is -2.73. The highest BCUT2D eigenvalue weighted by molar-refractivity contribution is 5.94. The number of hydrogen-bond acceptors (Lipinski definition) is 3. The third-order valence-corrected chi connectivity index (χ3v) is 4.63. The van der Waals surface area contributed by atoms with Crippen molar-refractivity contribution in [2.24, 2.45) is 5.92 Å². The molecule has 1 atom stereocenters. The summed E-state index contributed by atoms with van der Waals surface area (Å²) in [6.07, 6.45) is 0. The number of nitrogens with one attached hydrogen (secondary N) is 1. The number of nitro groups is 1. The van der Waals surface area contributed by atoms with E-state index in [1.165, 1.54) is 6.07 Å². The highest BCUT2D eigenvalue weighted by Gasteiger charge is 2.23. The molecule has 0 unspecified atom stereocenters. The number of rotatable bonds is 7. The lowest BCUT2D eigenvalue weighted by molar-refractivity contribution is -0.692. The number of nitrogens with zero attached hydrogens (tertiary/aromatic N) is 1. The standard InChI is InChI=1S/C20H25N3O3/c1-13(2)19(16-8-6-5-7-9-16)21-12-18(24)22-20-15(4)14(3)10-11-17(20)23(25)26/h5-11,13,19,21H,12H2,1-4H3,(H,22,24)/p+1/t19-/m0/s1. The van der Waals surface area contributed by atoms with E-state index in [2.05, 4.69) is 31.3 Å². The first-order valence-electron chi connectivity index (χ1n) is 8.74. The Balaban J connectivity index is 2.12. The maximum Gasteiger partial charge on any atom is 0.293 e. The molecule has 138 valence electrons. The van der Waals surface area contributed by atoms with Gasteiger partial charge in [0.15, 0.2) is 6.54 Å². The largest absolute Gasteiger partial charge is 0.332 e. The van der Waals surface area contributed by atoms with Gasteiger partial charge in [0, 0.05) is 17.5 Å². The normalized spacial score (nSPS) is 12.0. The van der Waals surface area contributed by atoms with Gasteiger partial charge in [-0.25, -0.2) is 0 Å². The number of nitrogens with two attached hydrogens (primary N) is 1. The van der Waals surface area contributed by atoms with Gasteiger partial charge in [-0.3, -0.25) is 14.9 Å². The number of benzene rings is 2. The van der Waals surface area contributed by atoms with E-state index in [1.54, 1.807) is 13.0 Å². The second kappa shape index (κ2) is 8.58. The smallest absolute Gasteiger partial charge is 0.293 e. The number of carbonyl (C=O) groups is 1. The molecule has 0 aliphatic carbocycles. The Labute approximate surface area is 153 Å². The van der Waals surface area contributed by atoms with Gasteiger partial charge in [-0.15, -0.1) is 0 Å². The number of hydrogen-bond donors (Lipinski definition) is 2. The van der Waals surface area contributed by atoms with Crippen molar-refractivity contribution in [3.63, 3.8) is 0 Å². The molecule has 0 saturated carbocycles. The summed E-state index contributed by atoms with van der Waals surface area (Å²) in [7, 11) is 0. The summed E-state index contributed by atoms with van der Waals surface area (Å²) in [6, 6.07) is 13.3. The van der Waals surface area contributed by atoms with E-state index in [9.17, 15) is 14.9 Å². The van der Waals surface area contributed by atoms with Gasteiger partial charge in [0.05, 0.1) is 4.92 Å². The quantitative estimate of drug-likeness (QED) is 0.590. The average Bonchev–Trinajstić information content (AvgIpc) is 2.59. The molecule has 6 heteroatoms. The first-order chi connectivity index (χ1) is 12.3. The monoisotopic (exact) mass is 356 g/mol. The third kappa shape index (κ3) is 4.67. The van der Waals surface area contributed by atoms with Crippen molar-refractivity contribution >= 4 is 17.3 Å². The van der Waals surface area contributed by atoms with Crippen LogP contribution in [0, 0.1) is 29.9 Å². The van der Waals surface area contributed by atoms with Crippen LogP contribution in [0.4, 0.5) is 11.4 Å². The predicted molar refractivity (Wildman–Crippen MR) is 102 cm³/mol. The van der Waals surface area contributed by atoms with Gasteiger partial charge in [0.2, 0.25) is 0 Å². The van der Waals surface area contributed by atoms with Crippen LogP contribution in [0.25, 0.3) is 0 Å². The van der Waals surface area contributed by atoms with Crippen LogP contribution < -0.4 is 10.6 Å². The van der Waals surface area contributed by atoms with Gasteiger partial charge < -0.3 is 10.6 Å². The van der Waals surface area contributed by atoms with Crippen LogP contribution in [-0.4, -0.2) is 17.4 Å². The zero-order valence-electron chi connectivity index (χ0n) is 15.7. The molecular formula is C20H26N3O3+. The summed E-state index contributed by atoms with van der Waals surface area (Å²) in [5.74, 6) is 0.101. The van der Waals surface area contributed by atoms with E-state index < -0.39 is 4.92 Å². The fraction of sp³-hybridized carbons (Fsp3) is 0.350. The Morgan fingerprint density at radius 1 is 1.15 bits per heavy atom. The summed E-state index contributed by atoms with van der Waals surface area (Å²) in [4.78, 5) is 23.2. The molecule has 0 aromatic heterocycles. The Bertz CT molecular complexity index is 788. The first kappa shape index (κ1) is 19.6. The van der Waals surface area contributed by atoms with E-state index in [-0.39, 0.29) is 29.9 Å². The fourth-order valence-corrected chi connectivity index (χ4v) is 3.00. The van der Waals surface area contributed by atoms with Crippen molar-refractivity contribution < 1.29 is 15.0 Å². The molecule has 2 aromatic rings. The number of aryl methyl sites for hydroxylation is 1. The minimum Gasteiger partial charge on any atom is -0.332 e. The number of carbonyl (C=O) groups excluding carboxylic acids is 1. The third-order valence-electron chi connectivity index (χ3n) is 4.63. The first-order valence-corrected chi connectivity index (χ1v) is 8.74. The van der Waals surface area contributed by atoms with Gasteiger partial charge in [-0.2, -0.15) is 0 Å². The van der Waals surface area contributed by atoms with Crippen molar-refractivity contribution in [2.75, 3.05) is 11.9 Å². The highest BCUT2D eigenvalue weighted by atomic mass is 16.6. The molecule has 0 saturated heterocycles. The molecule has 0 fully saturated rings. The molecule has 2 rings (SSSR count). The molecule has 1 amide bonds. The summed E-state index contributed by atoms with van der Waals surface area (Å²) >= 11 is 0. The van der Waals surface area contributed by atoms with Crippen molar-refractivity contribution in [3.8, 4) is 0 Å². The van der Waals surface area contributed by atoms with Gasteiger partial charge >= 0.3 is 0 Å². The van der Waals surface area contributed by atoms with Crippen molar-refractivity contribution in [1.29, 1.82) is 0 Å². The predicted octanol–water partition coefficient (Wildman–Crippen LogP) is 3.11. The molecule has 0 aliphatic heterocycles. The fourth-order valence-electron chi connectivity index (χ4n) is 3.00. The Morgan fingerprint density at radius 2 is 1.81 bits per heavy atom. The van der Waals surface area contributed by atoms with Crippen LogP contribution in [0.1, 0.15) is 36.6 Å². The van der Waals surface area contributed by atoms with Crippen molar-refractivity contribution in [2.45, 2.75) is 33.7 Å². The number of nitro benzene ring substituents is 1. The second-order valence-electron chi connectivity index (χ2n) is 6.83. The zero-order chi connectivity index (χ0) is 19.3. The number of anilines is 1. The summed E-state index contributed by atoms with van der Waals surface area (Å²) in [5, 5.41) is 16.0. The van der Waals surface area contributed by atoms with Crippen LogP contribution in [-0.2, 0) is 4.79 Å². The van der Waals surface area contributed by atoms with Gasteiger partial charge in [-0.1, -0.05) is 50.2 Å². The minimum atomic E-state index is -0.466. The Kier molecular flexibility index (Phi) is 6.46. The van der Waals surface area contributed by atoms with Gasteiger partial charge in [0.1, 0.15) is 11.7 Å². The molecule has 3 N–H and O–H groups in total. The van der Waals surface area contributed by atoms with E-state index in [1.807, 2.05) is 30.4 Å². The molecule has 26 heavy (non-hydrogen) atoms. The maximum atomic E-state index is 12.4. The topological polar surface area (TPSA) is 88.9 Å². The van der Waals surface area contributed by atoms with Crippen LogP contribution in [0.2, 0.25) is 0 Å². The lowest BCUT2D eigenvalue weighted by Gasteiger charge is -2.19. The molecule has 0 aliphatic rings. The molecular weight excluding hydrogens is 330 g/mol. The molecule has 0 bridgehead atoms. The summed E-state index contributed by atoms with van der Waals surface area (Å²) in [5.41, 5.74) is 2.99. The summed E-state index contributed by atoms with van der Waals surface area (Å²) in [6.45, 7) is 8.07. The van der Waals surface area contributed by atoms with Crippen LogP contribution >= 0.6 is 0 Å². The maximum absolute atomic E-state index is 12.4. The molecule has 0 spiro atoms. The van der Waals surface area contributed by atoms with Crippen LogP contribution in [0.3, 0.4) is 0 Å². The lowest BCUT2D eigenvalue weighted by Crippen LogP contribution is -2.88. The van der Waals surface area contributed by atoms with Gasteiger partial charge in [0.25, 0.3) is 11.6 Å². The molecule has 2 aromatic carbocycles. The highest BCUT2D eigenvalue weighted by Crippen LogP contribution is 2.30. The molecule has 6 nitrogen and oxygen atoms in total. The number of amides is 1. The average molecular weight is 356 g/mol. The molecule has 0 heterocycles. The second-order valence-corrected chi connectivity index (χ2v) is 6.83. The zero-order valence-corrected chi connectivity index (χ0v) is 15.7. The van der Waals surface area contributed by atoms with E-state index in [0.717, 1.165) is 16.7 Å². The lowest BCUT2D eigenvalue weighted by atomic mass is 9.96. The van der Waals surface area contributed by atoms with Crippen molar-refractivity contribution in [3.05, 3.63) is 69.3 Å². The van der Waals surface area contributed by atoms with Crippen LogP contribution in [0.15, 0.2) is 42.5 Å². The molecule has 0 radical (unpaired) electrons. The van der Waals surface area contributed by atoms with E-state index >= 15 is 0 Å². The minimum absolute atomic E-state index is 0.0788. The van der Waals surface area contributed by atoms with E-state index in [0.29, 0.717) is 5.92 Å². The van der Waals surface area contributed by atoms with Gasteiger partial charge in [-0.05, 0) is 25.0 Å². The SMILES string of the molecule is Cc1ccc([N+](=O)[O-])c(NC(=O)C[NH2+][C@H](c2ccccc2)C(C)C)c1C. The summed E-state index contributed by atoms with van der Waals surface area (Å²) < 4.78 is 0. The van der Waals surface area contributed by atoms with E-state index in [4.69, 9.17) is 0 Å².